The van der Waals surface area contributed by atoms with E-state index in [2.05, 4.69) is 31.1 Å². The minimum Gasteiger partial charge on any atom is -0.342 e. The summed E-state index contributed by atoms with van der Waals surface area (Å²) in [5.41, 5.74) is 3.10. The van der Waals surface area contributed by atoms with Crippen molar-refractivity contribution < 1.29 is 9.59 Å². The zero-order chi connectivity index (χ0) is 27.4. The molecule has 2 amide bonds. The molecule has 0 radical (unpaired) electrons. The van der Waals surface area contributed by atoms with Crippen LogP contribution in [0.5, 0.6) is 0 Å². The third-order valence-electron chi connectivity index (χ3n) is 6.12. The Balaban J connectivity index is 1.44. The van der Waals surface area contributed by atoms with Crippen LogP contribution in [0.15, 0.2) is 67.0 Å². The van der Waals surface area contributed by atoms with E-state index in [0.29, 0.717) is 57.0 Å². The molecule has 10 nitrogen and oxygen atoms in total. The lowest BCUT2D eigenvalue weighted by molar-refractivity contribution is -0.117. The summed E-state index contributed by atoms with van der Waals surface area (Å²) in [5.74, 6) is 0.0330. The molecule has 0 saturated carbocycles. The van der Waals surface area contributed by atoms with Gasteiger partial charge in [-0.3, -0.25) is 9.59 Å². The second kappa shape index (κ2) is 11.6. The van der Waals surface area contributed by atoms with Crippen LogP contribution in [-0.4, -0.2) is 42.0 Å². The molecule has 2 bridgehead atoms. The van der Waals surface area contributed by atoms with Crippen LogP contribution in [0.3, 0.4) is 0 Å². The molecule has 2 aromatic heterocycles. The molecule has 12 heteroatoms. The van der Waals surface area contributed by atoms with E-state index in [0.717, 1.165) is 0 Å². The molecule has 0 saturated heterocycles. The zero-order valence-electron chi connectivity index (χ0n) is 20.8. The minimum absolute atomic E-state index is 0.00317. The number of para-hydroxylation sites is 1. The maximum absolute atomic E-state index is 13.1. The smallest absolute Gasteiger partial charge is 0.244 e. The van der Waals surface area contributed by atoms with Crippen LogP contribution in [0.4, 0.5) is 5.69 Å². The largest absolute Gasteiger partial charge is 0.342 e. The highest BCUT2D eigenvalue weighted by molar-refractivity contribution is 6.32. The zero-order valence-corrected chi connectivity index (χ0v) is 22.3. The first-order valence-corrected chi connectivity index (χ1v) is 13.0. The maximum atomic E-state index is 13.1. The summed E-state index contributed by atoms with van der Waals surface area (Å²) in [5, 5.41) is 18.0. The summed E-state index contributed by atoms with van der Waals surface area (Å²) in [6.45, 7) is 1.96. The van der Waals surface area contributed by atoms with E-state index in [1.807, 2.05) is 43.3 Å². The lowest BCUT2D eigenvalue weighted by Crippen LogP contribution is -2.27. The van der Waals surface area contributed by atoms with E-state index >= 15 is 0 Å². The molecule has 5 rings (SSSR count). The number of nitrogens with zero attached hydrogens (tertiary/aromatic N) is 5. The number of hydrogen-bond donors (Lipinski definition) is 3. The number of halogens is 2. The molecule has 3 heterocycles. The molecule has 2 atom stereocenters. The molecule has 0 spiro atoms. The lowest BCUT2D eigenvalue weighted by atomic mass is 10.0. The van der Waals surface area contributed by atoms with E-state index in [1.165, 1.54) is 17.1 Å². The van der Waals surface area contributed by atoms with Gasteiger partial charge in [-0.1, -0.05) is 60.5 Å². The molecular formula is C27H24Cl2N8O2. The third-order valence-corrected chi connectivity index (χ3v) is 6.63. The van der Waals surface area contributed by atoms with Crippen molar-refractivity contribution in [1.29, 1.82) is 0 Å². The minimum atomic E-state index is -0.508. The van der Waals surface area contributed by atoms with Crippen LogP contribution >= 0.6 is 23.2 Å². The number of rotatable bonds is 4. The molecule has 0 fully saturated rings. The summed E-state index contributed by atoms with van der Waals surface area (Å²) in [6.07, 6.45) is 9.14. The van der Waals surface area contributed by atoms with Gasteiger partial charge in [0.1, 0.15) is 23.0 Å². The lowest BCUT2D eigenvalue weighted by Gasteiger charge is -2.14. The predicted molar refractivity (Wildman–Crippen MR) is 149 cm³/mol. The molecule has 39 heavy (non-hydrogen) atoms. The molecule has 1 aliphatic rings. The van der Waals surface area contributed by atoms with Crippen molar-refractivity contribution in [3.63, 3.8) is 0 Å². The van der Waals surface area contributed by atoms with Crippen LogP contribution in [0, 0.1) is 5.92 Å². The van der Waals surface area contributed by atoms with Gasteiger partial charge < -0.3 is 15.6 Å². The first-order chi connectivity index (χ1) is 18.9. The highest BCUT2D eigenvalue weighted by Crippen LogP contribution is 2.34. The maximum Gasteiger partial charge on any atom is 0.244 e. The number of allylic oxidation sites excluding steroid dienone is 1. The molecule has 198 valence electrons. The SMILES string of the molecule is CC1/C=C\C[C@H](NC(=O)/C=C/c2cc(Cl)ccc2-n2cnnn2)c2nc(c(Cl)[nH]2)-c2ccccc2NC(=O)C1. The number of carbonyl (C=O) groups is 2. The molecule has 4 aromatic rings. The Morgan fingerprint density at radius 2 is 2.05 bits per heavy atom. The van der Waals surface area contributed by atoms with Gasteiger partial charge in [-0.2, -0.15) is 4.68 Å². The molecule has 1 aliphatic heterocycles. The standard InChI is InChI=1S/C27H24Cl2N8O2/c1-16-5-4-8-21(27-33-25(26(29)34-27)19-6-2-3-7-20(19)31-24(39)13-16)32-23(38)12-9-17-14-18(28)10-11-22(17)37-15-30-35-36-37/h2-7,9-12,14-16,21H,8,13H2,1H3,(H,31,39)(H,32,38)(H,33,34)/b5-4-,12-9+/t16?,21-/m0/s1. The summed E-state index contributed by atoms with van der Waals surface area (Å²) >= 11 is 12.7. The number of fused-ring (bicyclic) bond motifs is 4. The van der Waals surface area contributed by atoms with Crippen molar-refractivity contribution in [1.82, 2.24) is 35.5 Å². The normalized spacial score (nSPS) is 18.4. The second-order valence-electron chi connectivity index (χ2n) is 9.08. The number of nitrogens with one attached hydrogen (secondary N) is 3. The highest BCUT2D eigenvalue weighted by atomic mass is 35.5. The first kappa shape index (κ1) is 26.3. The number of aromatic amines is 1. The first-order valence-electron chi connectivity index (χ1n) is 12.2. The van der Waals surface area contributed by atoms with Crippen molar-refractivity contribution in [2.75, 3.05) is 5.32 Å². The number of benzene rings is 2. The van der Waals surface area contributed by atoms with Crippen molar-refractivity contribution in [2.24, 2.45) is 5.92 Å². The van der Waals surface area contributed by atoms with Crippen LogP contribution in [0.1, 0.15) is 37.2 Å². The van der Waals surface area contributed by atoms with Crippen molar-refractivity contribution in [3.05, 3.63) is 88.6 Å². The number of carbonyl (C=O) groups excluding carboxylic acids is 2. The Morgan fingerprint density at radius 3 is 2.87 bits per heavy atom. The fraction of sp³-hybridized carbons (Fsp3) is 0.185. The fourth-order valence-corrected chi connectivity index (χ4v) is 4.70. The van der Waals surface area contributed by atoms with Gasteiger partial charge in [-0.25, -0.2) is 4.98 Å². The van der Waals surface area contributed by atoms with E-state index < -0.39 is 6.04 Å². The molecule has 0 aliphatic carbocycles. The Bertz CT molecular complexity index is 1560. The van der Waals surface area contributed by atoms with E-state index in [4.69, 9.17) is 28.2 Å². The third kappa shape index (κ3) is 6.24. The van der Waals surface area contributed by atoms with Crippen LogP contribution < -0.4 is 10.6 Å². The number of imidazole rings is 1. The van der Waals surface area contributed by atoms with Crippen LogP contribution in [0.2, 0.25) is 10.2 Å². The Morgan fingerprint density at radius 1 is 1.21 bits per heavy atom. The number of tetrazole rings is 1. The van der Waals surface area contributed by atoms with Gasteiger partial charge in [-0.05, 0) is 53.1 Å². The summed E-state index contributed by atoms with van der Waals surface area (Å²) in [6, 6.07) is 12.0. The topological polar surface area (TPSA) is 130 Å². The van der Waals surface area contributed by atoms with E-state index in [9.17, 15) is 9.59 Å². The van der Waals surface area contributed by atoms with Crippen LogP contribution in [0.25, 0.3) is 23.0 Å². The second-order valence-corrected chi connectivity index (χ2v) is 9.89. The number of aromatic nitrogens is 6. The van der Waals surface area contributed by atoms with E-state index in [-0.39, 0.29) is 17.7 Å². The van der Waals surface area contributed by atoms with Gasteiger partial charge in [0, 0.05) is 28.6 Å². The monoisotopic (exact) mass is 562 g/mol. The fourth-order valence-electron chi connectivity index (χ4n) is 4.28. The summed E-state index contributed by atoms with van der Waals surface area (Å²) in [4.78, 5) is 33.5. The van der Waals surface area contributed by atoms with Gasteiger partial charge in [0.2, 0.25) is 11.8 Å². The number of anilines is 1. The van der Waals surface area contributed by atoms with Gasteiger partial charge in [0.25, 0.3) is 0 Å². The van der Waals surface area contributed by atoms with Crippen LogP contribution in [-0.2, 0) is 9.59 Å². The number of H-pyrrole nitrogens is 1. The van der Waals surface area contributed by atoms with Crippen molar-refractivity contribution >= 4 is 46.8 Å². The predicted octanol–water partition coefficient (Wildman–Crippen LogP) is 5.15. The summed E-state index contributed by atoms with van der Waals surface area (Å²) < 4.78 is 1.49. The van der Waals surface area contributed by atoms with Gasteiger partial charge in [0.05, 0.1) is 17.4 Å². The Kier molecular flexibility index (Phi) is 7.85. The van der Waals surface area contributed by atoms with Crippen molar-refractivity contribution in [2.45, 2.75) is 25.8 Å². The molecule has 2 aromatic carbocycles. The average molecular weight is 563 g/mol. The summed E-state index contributed by atoms with van der Waals surface area (Å²) in [7, 11) is 0. The Labute approximate surface area is 234 Å². The molecule has 3 N–H and O–H groups in total. The van der Waals surface area contributed by atoms with Gasteiger partial charge in [-0.15, -0.1) is 5.10 Å². The van der Waals surface area contributed by atoms with Crippen molar-refractivity contribution in [3.8, 4) is 16.9 Å². The average Bonchev–Trinajstić information content (AvgIpc) is 3.57. The van der Waals surface area contributed by atoms with Gasteiger partial charge >= 0.3 is 0 Å². The number of amides is 2. The molecule has 1 unspecified atom stereocenters. The molecular weight excluding hydrogens is 539 g/mol. The van der Waals surface area contributed by atoms with E-state index in [1.54, 1.807) is 24.3 Å². The highest BCUT2D eigenvalue weighted by Gasteiger charge is 2.22. The number of hydrogen-bond acceptors (Lipinski definition) is 6. The van der Waals surface area contributed by atoms with Gasteiger partial charge in [0.15, 0.2) is 0 Å². The Hall–Kier alpha value is -4.28. The quantitative estimate of drug-likeness (QED) is 0.233.